The second-order valence-electron chi connectivity index (χ2n) is 13.5. The Morgan fingerprint density at radius 1 is 0.938 bits per heavy atom. The van der Waals surface area contributed by atoms with E-state index in [0.29, 0.717) is 24.5 Å². The van der Waals surface area contributed by atoms with E-state index < -0.39 is 23.1 Å². The molecule has 0 unspecified atom stereocenters. The molecule has 6 nitrogen and oxygen atoms in total. The Balaban J connectivity index is 1.57. The maximum atomic E-state index is 13.7. The molecule has 1 N–H and O–H groups in total. The van der Waals surface area contributed by atoms with Gasteiger partial charge in [-0.05, 0) is 67.8 Å². The molecule has 5 aromatic rings. The van der Waals surface area contributed by atoms with Crippen molar-refractivity contribution in [1.29, 1.82) is 0 Å². The quantitative estimate of drug-likeness (QED) is 0.141. The van der Waals surface area contributed by atoms with Crippen molar-refractivity contribution in [2.75, 3.05) is 0 Å². The molecule has 3 heterocycles. The second-order valence-corrected chi connectivity index (χ2v) is 15.4. The molecule has 0 saturated carbocycles. The molecule has 0 fully saturated rings. The maximum absolute atomic E-state index is 13.7. The van der Waals surface area contributed by atoms with Gasteiger partial charge >= 0.3 is 12.1 Å². The minimum absolute atomic E-state index is 0.125. The van der Waals surface area contributed by atoms with Gasteiger partial charge in [0.1, 0.15) is 12.4 Å². The van der Waals surface area contributed by atoms with Crippen LogP contribution in [-0.2, 0) is 37.0 Å². The number of rotatable bonds is 11. The third-order valence-electron chi connectivity index (χ3n) is 8.05. The number of pyridine rings is 2. The summed E-state index contributed by atoms with van der Waals surface area (Å²) in [6, 6.07) is 19.1. The van der Waals surface area contributed by atoms with Crippen LogP contribution >= 0.6 is 11.8 Å². The lowest BCUT2D eigenvalue weighted by molar-refractivity contribution is -0.147. The highest BCUT2D eigenvalue weighted by molar-refractivity contribution is 8.00. The average molecular weight is 676 g/mol. The summed E-state index contributed by atoms with van der Waals surface area (Å²) in [7, 11) is 0. The molecule has 5 rings (SSSR count). The van der Waals surface area contributed by atoms with Crippen LogP contribution in [0.25, 0.3) is 22.2 Å². The van der Waals surface area contributed by atoms with Crippen LogP contribution in [0.1, 0.15) is 69.6 Å². The SMILES string of the molecule is CCc1ccc(COc2ccc3c(c2)c(SC(C)(C)C)c(CC(C)(C)C(=O)O)n3Cc2ccc(-c3ncccc3C(F)(F)F)cc2)nc1. The summed E-state index contributed by atoms with van der Waals surface area (Å²) in [5.74, 6) is -0.238. The van der Waals surface area contributed by atoms with Crippen molar-refractivity contribution in [2.24, 2.45) is 5.41 Å². The van der Waals surface area contributed by atoms with Crippen LogP contribution in [0.2, 0.25) is 0 Å². The van der Waals surface area contributed by atoms with Gasteiger partial charge in [0.25, 0.3) is 0 Å². The van der Waals surface area contributed by atoms with Crippen molar-refractivity contribution in [1.82, 2.24) is 14.5 Å². The second kappa shape index (κ2) is 13.7. The number of ether oxygens (including phenoxy) is 1. The van der Waals surface area contributed by atoms with E-state index in [-0.39, 0.29) is 16.9 Å². The van der Waals surface area contributed by atoms with E-state index in [0.717, 1.165) is 50.8 Å². The molecule has 2 aromatic carbocycles. The number of thioether (sulfide) groups is 1. The van der Waals surface area contributed by atoms with E-state index in [1.165, 1.54) is 12.3 Å². The van der Waals surface area contributed by atoms with Gasteiger partial charge in [0.2, 0.25) is 0 Å². The monoisotopic (exact) mass is 675 g/mol. The van der Waals surface area contributed by atoms with Gasteiger partial charge in [0, 0.05) is 57.2 Å². The normalized spacial score (nSPS) is 12.4. The zero-order chi connectivity index (χ0) is 34.9. The number of carboxylic acid groups (broad SMARTS) is 1. The van der Waals surface area contributed by atoms with Crippen LogP contribution in [0.3, 0.4) is 0 Å². The minimum atomic E-state index is -4.53. The number of hydrogen-bond acceptors (Lipinski definition) is 5. The maximum Gasteiger partial charge on any atom is 0.418 e. The number of carboxylic acids is 1. The summed E-state index contributed by atoms with van der Waals surface area (Å²) < 4.78 is 49.2. The van der Waals surface area contributed by atoms with Gasteiger partial charge in [-0.15, -0.1) is 11.8 Å². The molecule has 0 aliphatic rings. The van der Waals surface area contributed by atoms with Crippen molar-refractivity contribution < 1.29 is 27.8 Å². The van der Waals surface area contributed by atoms with E-state index >= 15 is 0 Å². The number of aryl methyl sites for hydroxylation is 1. The number of benzene rings is 2. The van der Waals surface area contributed by atoms with E-state index in [1.54, 1.807) is 49.9 Å². The molecule has 10 heteroatoms. The molecule has 0 atom stereocenters. The zero-order valence-electron chi connectivity index (χ0n) is 28.0. The first-order chi connectivity index (χ1) is 22.6. The highest BCUT2D eigenvalue weighted by Gasteiger charge is 2.35. The van der Waals surface area contributed by atoms with Crippen molar-refractivity contribution in [3.63, 3.8) is 0 Å². The van der Waals surface area contributed by atoms with Crippen LogP contribution in [0.15, 0.2) is 84.0 Å². The van der Waals surface area contributed by atoms with Crippen molar-refractivity contribution in [3.8, 4) is 17.0 Å². The standard InChI is InChI=1S/C38H40F3N3O3S/c1-7-24-12-15-27(43-21-24)23-47-28-16-17-31-29(19-28)34(48-36(2,3)4)32(20-37(5,6)35(45)46)44(31)22-25-10-13-26(14-11-25)33-30(38(39,40)41)9-8-18-42-33/h8-19,21H,7,20,22-23H2,1-6H3,(H,45,46). The fourth-order valence-electron chi connectivity index (χ4n) is 5.44. The van der Waals surface area contributed by atoms with Crippen molar-refractivity contribution in [3.05, 3.63) is 107 Å². The molecule has 0 aliphatic heterocycles. The fraction of sp³-hybridized carbons (Fsp3) is 0.342. The van der Waals surface area contributed by atoms with Gasteiger partial charge in [-0.2, -0.15) is 13.2 Å². The fourth-order valence-corrected chi connectivity index (χ4v) is 6.62. The number of halogens is 3. The molecular weight excluding hydrogens is 635 g/mol. The minimum Gasteiger partial charge on any atom is -0.487 e. The third-order valence-corrected chi connectivity index (χ3v) is 9.32. The summed E-state index contributed by atoms with van der Waals surface area (Å²) in [6.45, 7) is 12.5. The third kappa shape index (κ3) is 8.03. The lowest BCUT2D eigenvalue weighted by Crippen LogP contribution is -2.28. The molecule has 0 aliphatic carbocycles. The Kier molecular flexibility index (Phi) is 9.97. The van der Waals surface area contributed by atoms with Crippen molar-refractivity contribution in [2.45, 2.75) is 83.4 Å². The number of aromatic nitrogens is 3. The molecule has 48 heavy (non-hydrogen) atoms. The summed E-state index contributed by atoms with van der Waals surface area (Å²) >= 11 is 1.68. The van der Waals surface area contributed by atoms with Gasteiger partial charge in [-0.25, -0.2) is 0 Å². The van der Waals surface area contributed by atoms with Gasteiger partial charge < -0.3 is 14.4 Å². The Morgan fingerprint density at radius 3 is 2.25 bits per heavy atom. The Labute approximate surface area is 283 Å². The predicted octanol–water partition coefficient (Wildman–Crippen LogP) is 9.85. The Morgan fingerprint density at radius 2 is 1.65 bits per heavy atom. The van der Waals surface area contributed by atoms with Crippen LogP contribution in [0.5, 0.6) is 5.75 Å². The smallest absolute Gasteiger partial charge is 0.418 e. The van der Waals surface area contributed by atoms with E-state index in [1.807, 2.05) is 36.5 Å². The van der Waals surface area contributed by atoms with Crippen LogP contribution in [0, 0.1) is 5.41 Å². The first-order valence-electron chi connectivity index (χ1n) is 15.8. The number of alkyl halides is 3. The first kappa shape index (κ1) is 35.0. The topological polar surface area (TPSA) is 77.2 Å². The lowest BCUT2D eigenvalue weighted by atomic mass is 9.88. The van der Waals surface area contributed by atoms with Crippen LogP contribution in [0.4, 0.5) is 13.2 Å². The highest BCUT2D eigenvalue weighted by Crippen LogP contribution is 2.44. The molecule has 0 spiro atoms. The number of hydrogen-bond donors (Lipinski definition) is 1. The number of nitrogens with zero attached hydrogens (tertiary/aromatic N) is 3. The Hall–Kier alpha value is -4.31. The number of aliphatic carboxylic acids is 1. The average Bonchev–Trinajstić information content (AvgIpc) is 3.29. The number of carbonyl (C=O) groups is 1. The molecular formula is C38H40F3N3O3S. The molecule has 252 valence electrons. The first-order valence-corrected chi connectivity index (χ1v) is 16.6. The van der Waals surface area contributed by atoms with E-state index in [9.17, 15) is 23.1 Å². The van der Waals surface area contributed by atoms with Gasteiger partial charge in [-0.3, -0.25) is 14.8 Å². The zero-order valence-corrected chi connectivity index (χ0v) is 28.8. The summed E-state index contributed by atoms with van der Waals surface area (Å²) in [5, 5.41) is 11.1. The summed E-state index contributed by atoms with van der Waals surface area (Å²) in [5.41, 5.74) is 2.98. The van der Waals surface area contributed by atoms with Crippen LogP contribution in [-0.4, -0.2) is 30.4 Å². The molecule has 0 amide bonds. The summed E-state index contributed by atoms with van der Waals surface area (Å²) in [6.07, 6.45) is -0.150. The summed E-state index contributed by atoms with van der Waals surface area (Å²) in [4.78, 5) is 21.9. The van der Waals surface area contributed by atoms with E-state index in [2.05, 4.69) is 42.2 Å². The molecule has 0 bridgehead atoms. The molecule has 0 saturated heterocycles. The number of fused-ring (bicyclic) bond motifs is 1. The van der Waals surface area contributed by atoms with Gasteiger partial charge in [0.15, 0.2) is 0 Å². The van der Waals surface area contributed by atoms with E-state index in [4.69, 9.17) is 4.74 Å². The Bertz CT molecular complexity index is 1910. The largest absolute Gasteiger partial charge is 0.487 e. The highest BCUT2D eigenvalue weighted by atomic mass is 32.2. The predicted molar refractivity (Wildman–Crippen MR) is 184 cm³/mol. The van der Waals surface area contributed by atoms with Crippen molar-refractivity contribution >= 4 is 28.6 Å². The van der Waals surface area contributed by atoms with Gasteiger partial charge in [0.05, 0.1) is 22.4 Å². The molecule has 0 radical (unpaired) electrons. The van der Waals surface area contributed by atoms with Gasteiger partial charge in [-0.1, -0.05) is 58.0 Å². The lowest BCUT2D eigenvalue weighted by Gasteiger charge is -2.24. The molecule has 3 aromatic heterocycles. The van der Waals surface area contributed by atoms with Crippen LogP contribution < -0.4 is 4.74 Å².